The summed E-state index contributed by atoms with van der Waals surface area (Å²) in [5, 5.41) is 3.40. The molecule has 2 saturated carbocycles. The van der Waals surface area contributed by atoms with Crippen molar-refractivity contribution in [2.24, 2.45) is 5.92 Å². The second kappa shape index (κ2) is 8.90. The van der Waals surface area contributed by atoms with Crippen molar-refractivity contribution in [1.82, 2.24) is 15.1 Å². The third-order valence-electron chi connectivity index (χ3n) is 8.54. The molecule has 5 rings (SSSR count). The van der Waals surface area contributed by atoms with Gasteiger partial charge in [-0.15, -0.1) is 0 Å². The minimum atomic E-state index is -0.0844. The van der Waals surface area contributed by atoms with Crippen LogP contribution < -0.4 is 5.32 Å². The van der Waals surface area contributed by atoms with E-state index in [4.69, 9.17) is 0 Å². The van der Waals surface area contributed by atoms with Gasteiger partial charge in [0, 0.05) is 18.6 Å². The van der Waals surface area contributed by atoms with E-state index in [2.05, 4.69) is 59.7 Å². The van der Waals surface area contributed by atoms with Crippen LogP contribution in [0.25, 0.3) is 0 Å². The molecule has 1 heterocycles. The Kier molecular flexibility index (Phi) is 5.98. The largest absolute Gasteiger partial charge is 0.331 e. The number of nitrogens with zero attached hydrogens (tertiary/aromatic N) is 2. The third kappa shape index (κ3) is 4.17. The van der Waals surface area contributed by atoms with E-state index in [1.54, 1.807) is 0 Å². The second-order valence-electron chi connectivity index (χ2n) is 10.5. The number of hydrogen-bond donors (Lipinski definition) is 1. The van der Waals surface area contributed by atoms with Gasteiger partial charge in [-0.05, 0) is 62.7 Å². The average molecular weight is 432 g/mol. The summed E-state index contributed by atoms with van der Waals surface area (Å²) in [4.78, 5) is 17.5. The minimum absolute atomic E-state index is 0.0772. The van der Waals surface area contributed by atoms with E-state index >= 15 is 0 Å². The molecular formula is C28H37N3O. The molecule has 2 amide bonds. The first-order valence-corrected chi connectivity index (χ1v) is 12.5. The summed E-state index contributed by atoms with van der Waals surface area (Å²) < 4.78 is 0. The van der Waals surface area contributed by atoms with Crippen LogP contribution in [0.3, 0.4) is 0 Å². The van der Waals surface area contributed by atoms with Crippen molar-refractivity contribution in [2.45, 2.75) is 69.0 Å². The van der Waals surface area contributed by atoms with Gasteiger partial charge in [0.25, 0.3) is 0 Å². The summed E-state index contributed by atoms with van der Waals surface area (Å²) in [6.07, 6.45) is 9.82. The maximum absolute atomic E-state index is 12.8. The molecular weight excluding hydrogens is 394 g/mol. The average Bonchev–Trinajstić information content (AvgIpc) is 3.09. The van der Waals surface area contributed by atoms with Crippen molar-refractivity contribution in [3.63, 3.8) is 0 Å². The number of amides is 2. The molecule has 2 aliphatic carbocycles. The van der Waals surface area contributed by atoms with Crippen LogP contribution in [0.1, 0.15) is 62.5 Å². The highest BCUT2D eigenvalue weighted by Crippen LogP contribution is 2.47. The van der Waals surface area contributed by atoms with Gasteiger partial charge in [0.05, 0.1) is 5.54 Å². The molecule has 2 aromatic rings. The zero-order valence-electron chi connectivity index (χ0n) is 19.4. The van der Waals surface area contributed by atoms with E-state index in [0.29, 0.717) is 6.54 Å². The Hall–Kier alpha value is -2.33. The number of rotatable bonds is 7. The van der Waals surface area contributed by atoms with E-state index < -0.39 is 0 Å². The minimum Gasteiger partial charge on any atom is -0.331 e. The van der Waals surface area contributed by atoms with Crippen molar-refractivity contribution in [2.75, 3.05) is 20.1 Å². The molecule has 170 valence electrons. The molecule has 1 N–H and O–H groups in total. The van der Waals surface area contributed by atoms with Gasteiger partial charge < -0.3 is 10.2 Å². The van der Waals surface area contributed by atoms with Crippen LogP contribution in [-0.2, 0) is 12.1 Å². The van der Waals surface area contributed by atoms with Gasteiger partial charge in [0.15, 0.2) is 0 Å². The summed E-state index contributed by atoms with van der Waals surface area (Å²) in [6.45, 7) is 2.68. The quantitative estimate of drug-likeness (QED) is 0.624. The molecule has 1 saturated heterocycles. The summed E-state index contributed by atoms with van der Waals surface area (Å²) in [5.74, 6) is 0.931. The third-order valence-corrected chi connectivity index (χ3v) is 8.54. The van der Waals surface area contributed by atoms with Crippen LogP contribution in [0.5, 0.6) is 0 Å². The first-order chi connectivity index (χ1) is 15.6. The Labute approximate surface area is 193 Å². The van der Waals surface area contributed by atoms with Crippen molar-refractivity contribution in [3.05, 3.63) is 71.8 Å². The van der Waals surface area contributed by atoms with E-state index in [-0.39, 0.29) is 17.1 Å². The summed E-state index contributed by atoms with van der Waals surface area (Å²) in [6, 6.07) is 21.5. The van der Waals surface area contributed by atoms with Crippen molar-refractivity contribution in [1.29, 1.82) is 0 Å². The van der Waals surface area contributed by atoms with Gasteiger partial charge in [-0.25, -0.2) is 4.79 Å². The first kappa shape index (κ1) is 21.5. The van der Waals surface area contributed by atoms with Crippen LogP contribution in [0.2, 0.25) is 0 Å². The van der Waals surface area contributed by atoms with Crippen molar-refractivity contribution < 1.29 is 4.79 Å². The van der Waals surface area contributed by atoms with Crippen LogP contribution in [0, 0.1) is 5.92 Å². The lowest BCUT2D eigenvalue weighted by Gasteiger charge is -2.50. The Morgan fingerprint density at radius 2 is 1.62 bits per heavy atom. The highest BCUT2D eigenvalue weighted by Gasteiger charge is 2.50. The van der Waals surface area contributed by atoms with Crippen LogP contribution in [0.4, 0.5) is 4.79 Å². The Morgan fingerprint density at radius 1 is 0.969 bits per heavy atom. The zero-order chi connectivity index (χ0) is 22.0. The molecule has 0 unspecified atom stereocenters. The molecule has 4 heteroatoms. The predicted molar refractivity (Wildman–Crippen MR) is 129 cm³/mol. The molecule has 32 heavy (non-hydrogen) atoms. The Balaban J connectivity index is 1.29. The maximum Gasteiger partial charge on any atom is 0.318 e. The molecule has 0 bridgehead atoms. The molecule has 0 aromatic heterocycles. The smallest absolute Gasteiger partial charge is 0.318 e. The number of urea groups is 1. The van der Waals surface area contributed by atoms with E-state index in [0.717, 1.165) is 38.1 Å². The highest BCUT2D eigenvalue weighted by atomic mass is 16.2. The fourth-order valence-corrected chi connectivity index (χ4v) is 6.15. The lowest BCUT2D eigenvalue weighted by atomic mass is 9.68. The Morgan fingerprint density at radius 3 is 2.25 bits per heavy atom. The van der Waals surface area contributed by atoms with Gasteiger partial charge in [0.2, 0.25) is 0 Å². The predicted octanol–water partition coefficient (Wildman–Crippen LogP) is 5.54. The summed E-state index contributed by atoms with van der Waals surface area (Å²) in [7, 11) is 2.33. The van der Waals surface area contributed by atoms with Gasteiger partial charge in [-0.1, -0.05) is 79.9 Å². The van der Waals surface area contributed by atoms with Gasteiger partial charge >= 0.3 is 6.03 Å². The lowest BCUT2D eigenvalue weighted by Crippen LogP contribution is -2.55. The summed E-state index contributed by atoms with van der Waals surface area (Å²) >= 11 is 0. The number of nitrogens with one attached hydrogen (secondary N) is 1. The number of carbonyl (C=O) groups is 1. The fourth-order valence-electron chi connectivity index (χ4n) is 6.15. The lowest BCUT2D eigenvalue weighted by molar-refractivity contribution is 0.0353. The van der Waals surface area contributed by atoms with Gasteiger partial charge in [-0.2, -0.15) is 0 Å². The topological polar surface area (TPSA) is 35.6 Å². The molecule has 1 aliphatic heterocycles. The number of hydrogen-bond acceptors (Lipinski definition) is 2. The maximum atomic E-state index is 12.8. The first-order valence-electron chi connectivity index (χ1n) is 12.5. The van der Waals surface area contributed by atoms with E-state index in [1.165, 1.54) is 43.4 Å². The van der Waals surface area contributed by atoms with Crippen LogP contribution in [-0.4, -0.2) is 41.5 Å². The molecule has 0 atom stereocenters. The molecule has 1 spiro atoms. The highest BCUT2D eigenvalue weighted by molar-refractivity contribution is 5.78. The monoisotopic (exact) mass is 431 g/mol. The normalized spacial score (nSPS) is 28.2. The number of carbonyl (C=O) groups excluding carboxylic acids is 1. The molecule has 4 nitrogen and oxygen atoms in total. The van der Waals surface area contributed by atoms with Crippen molar-refractivity contribution >= 4 is 6.03 Å². The molecule has 0 radical (unpaired) electrons. The van der Waals surface area contributed by atoms with Gasteiger partial charge in [0.1, 0.15) is 0 Å². The fraction of sp³-hybridized carbons (Fsp3) is 0.536. The summed E-state index contributed by atoms with van der Waals surface area (Å²) in [5.41, 5.74) is 2.63. The SMILES string of the molecule is CN(CCC1CCC1)C1(c2ccccc2)CCC2(CC1)CN(Cc1ccccc1)C(=O)N2. The molecule has 3 fully saturated rings. The number of benzene rings is 2. The van der Waals surface area contributed by atoms with E-state index in [1.807, 2.05) is 23.1 Å². The standard InChI is InChI=1S/C28H37N3O/c1-30(20-15-23-11-8-12-23)28(25-13-6-3-7-14-25)18-16-27(17-19-28)22-31(26(32)29-27)21-24-9-4-2-5-10-24/h2-7,9-10,13-14,23H,8,11-12,15-22H2,1H3,(H,29,32). The van der Waals surface area contributed by atoms with Crippen LogP contribution in [0.15, 0.2) is 60.7 Å². The van der Waals surface area contributed by atoms with Crippen molar-refractivity contribution in [3.8, 4) is 0 Å². The van der Waals surface area contributed by atoms with E-state index in [9.17, 15) is 4.79 Å². The zero-order valence-corrected chi connectivity index (χ0v) is 19.4. The Bertz CT molecular complexity index is 901. The second-order valence-corrected chi connectivity index (χ2v) is 10.5. The molecule has 2 aromatic carbocycles. The molecule has 3 aliphatic rings. The van der Waals surface area contributed by atoms with Gasteiger partial charge in [-0.3, -0.25) is 4.90 Å². The van der Waals surface area contributed by atoms with Crippen LogP contribution >= 0.6 is 0 Å².